The van der Waals surface area contributed by atoms with E-state index < -0.39 is 0 Å². The summed E-state index contributed by atoms with van der Waals surface area (Å²) in [6, 6.07) is 7.18. The number of H-pyrrole nitrogens is 1. The summed E-state index contributed by atoms with van der Waals surface area (Å²) in [6.45, 7) is 2.21. The van der Waals surface area contributed by atoms with Crippen molar-refractivity contribution in [2.24, 2.45) is 17.8 Å². The number of nitrogens with zero attached hydrogens (tertiary/aromatic N) is 2. The lowest BCUT2D eigenvalue weighted by Gasteiger charge is -2.57. The molecule has 6 nitrogen and oxygen atoms in total. The molecular weight excluding hydrogens is 420 g/mol. The third-order valence-electron chi connectivity index (χ3n) is 6.78. The molecule has 4 aliphatic rings. The Morgan fingerprint density at radius 3 is 2.50 bits per heavy atom. The van der Waals surface area contributed by atoms with Crippen molar-refractivity contribution in [1.29, 1.82) is 0 Å². The topological polar surface area (TPSA) is 79.9 Å². The fourth-order valence-corrected chi connectivity index (χ4v) is 6.79. The van der Waals surface area contributed by atoms with Crippen LogP contribution in [0.25, 0.3) is 0 Å². The number of hydrogen-bond acceptors (Lipinski definition) is 5. The van der Waals surface area contributed by atoms with Gasteiger partial charge in [-0.25, -0.2) is 4.98 Å². The SMILES string of the molecule is CC(Sc1n[nH]c(COc2ccc(Cl)cc2)n1)C(=O)NC12CC3CC(CC(C3)C1)C2. The highest BCUT2D eigenvalue weighted by molar-refractivity contribution is 8.00. The van der Waals surface area contributed by atoms with Gasteiger partial charge in [0.2, 0.25) is 11.1 Å². The third kappa shape index (κ3) is 4.33. The molecular formula is C22H27ClN4O2S. The second-order valence-electron chi connectivity index (χ2n) is 9.25. The summed E-state index contributed by atoms with van der Waals surface area (Å²) in [7, 11) is 0. The highest BCUT2D eigenvalue weighted by Crippen LogP contribution is 2.55. The maximum absolute atomic E-state index is 12.9. The predicted octanol–water partition coefficient (Wildman–Crippen LogP) is 4.60. The first-order valence-corrected chi connectivity index (χ1v) is 12.0. The largest absolute Gasteiger partial charge is 0.486 e. The Labute approximate surface area is 185 Å². The van der Waals surface area contributed by atoms with Crippen molar-refractivity contribution in [1.82, 2.24) is 20.5 Å². The van der Waals surface area contributed by atoms with E-state index in [1.165, 1.54) is 31.0 Å². The van der Waals surface area contributed by atoms with Crippen molar-refractivity contribution in [3.05, 3.63) is 35.1 Å². The van der Waals surface area contributed by atoms with Gasteiger partial charge in [-0.1, -0.05) is 23.4 Å². The van der Waals surface area contributed by atoms with Crippen LogP contribution in [0.2, 0.25) is 5.02 Å². The number of amides is 1. The fourth-order valence-electron chi connectivity index (χ4n) is 5.92. The van der Waals surface area contributed by atoms with Gasteiger partial charge in [-0.3, -0.25) is 9.89 Å². The van der Waals surface area contributed by atoms with E-state index in [2.05, 4.69) is 20.5 Å². The van der Waals surface area contributed by atoms with E-state index in [9.17, 15) is 4.79 Å². The summed E-state index contributed by atoms with van der Waals surface area (Å²) in [5, 5.41) is 11.6. The molecule has 1 aromatic heterocycles. The lowest BCUT2D eigenvalue weighted by Crippen LogP contribution is -2.60. The van der Waals surface area contributed by atoms with Crippen LogP contribution in [0.3, 0.4) is 0 Å². The highest BCUT2D eigenvalue weighted by Gasteiger charge is 2.51. The summed E-state index contributed by atoms with van der Waals surface area (Å²) >= 11 is 7.27. The van der Waals surface area contributed by atoms with Gasteiger partial charge < -0.3 is 10.1 Å². The molecule has 0 aliphatic heterocycles. The van der Waals surface area contributed by atoms with E-state index in [-0.39, 0.29) is 23.3 Å². The molecule has 4 aliphatic carbocycles. The molecule has 4 bridgehead atoms. The summed E-state index contributed by atoms with van der Waals surface area (Å²) in [5.74, 6) is 3.89. The van der Waals surface area contributed by atoms with Crippen LogP contribution in [0.4, 0.5) is 0 Å². The van der Waals surface area contributed by atoms with E-state index in [4.69, 9.17) is 16.3 Å². The molecule has 160 valence electrons. The Kier molecular flexibility index (Phi) is 5.44. The van der Waals surface area contributed by atoms with Gasteiger partial charge in [0, 0.05) is 10.6 Å². The van der Waals surface area contributed by atoms with E-state index in [0.29, 0.717) is 21.8 Å². The smallest absolute Gasteiger partial charge is 0.233 e. The summed E-state index contributed by atoms with van der Waals surface area (Å²) in [5.41, 5.74) is 0.0389. The number of carbonyl (C=O) groups is 1. The average Bonchev–Trinajstić information content (AvgIpc) is 3.13. The van der Waals surface area contributed by atoms with Gasteiger partial charge in [0.15, 0.2) is 5.82 Å². The Hall–Kier alpha value is -1.73. The normalized spacial score (nSPS) is 30.3. The summed E-state index contributed by atoms with van der Waals surface area (Å²) in [6.07, 6.45) is 7.60. The zero-order chi connectivity index (χ0) is 20.7. The maximum Gasteiger partial charge on any atom is 0.233 e. The molecule has 4 fully saturated rings. The molecule has 1 heterocycles. The quantitative estimate of drug-likeness (QED) is 0.607. The van der Waals surface area contributed by atoms with E-state index in [1.807, 2.05) is 19.1 Å². The molecule has 30 heavy (non-hydrogen) atoms. The number of thioether (sulfide) groups is 1. The van der Waals surface area contributed by atoms with E-state index in [0.717, 1.165) is 37.0 Å². The van der Waals surface area contributed by atoms with Gasteiger partial charge in [0.1, 0.15) is 12.4 Å². The van der Waals surface area contributed by atoms with Crippen molar-refractivity contribution in [3.63, 3.8) is 0 Å². The molecule has 1 aromatic carbocycles. The van der Waals surface area contributed by atoms with Gasteiger partial charge in [-0.2, -0.15) is 0 Å². The van der Waals surface area contributed by atoms with E-state index in [1.54, 1.807) is 12.1 Å². The Morgan fingerprint density at radius 2 is 1.87 bits per heavy atom. The van der Waals surface area contributed by atoms with Gasteiger partial charge in [0.25, 0.3) is 0 Å². The molecule has 0 spiro atoms. The van der Waals surface area contributed by atoms with Crippen molar-refractivity contribution < 1.29 is 9.53 Å². The molecule has 6 rings (SSSR count). The molecule has 0 saturated heterocycles. The van der Waals surface area contributed by atoms with Gasteiger partial charge in [0.05, 0.1) is 5.25 Å². The van der Waals surface area contributed by atoms with Crippen LogP contribution >= 0.6 is 23.4 Å². The second-order valence-corrected chi connectivity index (χ2v) is 11.0. The van der Waals surface area contributed by atoms with Crippen LogP contribution in [0.5, 0.6) is 5.75 Å². The van der Waals surface area contributed by atoms with Gasteiger partial charge >= 0.3 is 0 Å². The molecule has 2 N–H and O–H groups in total. The molecule has 1 unspecified atom stereocenters. The highest BCUT2D eigenvalue weighted by atomic mass is 35.5. The first-order chi connectivity index (χ1) is 14.5. The van der Waals surface area contributed by atoms with Crippen LogP contribution in [0, 0.1) is 17.8 Å². The van der Waals surface area contributed by atoms with Crippen LogP contribution in [0.15, 0.2) is 29.4 Å². The molecule has 4 saturated carbocycles. The average molecular weight is 447 g/mol. The van der Waals surface area contributed by atoms with Crippen molar-refractivity contribution in [2.75, 3.05) is 0 Å². The lowest BCUT2D eigenvalue weighted by molar-refractivity contribution is -0.126. The zero-order valence-electron chi connectivity index (χ0n) is 17.1. The standard InChI is InChI=1S/C22H27ClN4O2S/c1-13(20(28)25-22-9-14-6-15(10-22)8-16(7-14)11-22)30-21-24-19(26-27-21)12-29-18-4-2-17(23)3-5-18/h2-5,13-16H,6-12H2,1H3,(H,25,28)(H,24,26,27). The van der Waals surface area contributed by atoms with Gasteiger partial charge in [-0.05, 0) is 87.5 Å². The number of nitrogens with one attached hydrogen (secondary N) is 2. The van der Waals surface area contributed by atoms with Crippen molar-refractivity contribution in [2.45, 2.75) is 68.0 Å². The second kappa shape index (κ2) is 8.08. The summed E-state index contributed by atoms with van der Waals surface area (Å²) < 4.78 is 5.69. The minimum atomic E-state index is -0.237. The van der Waals surface area contributed by atoms with Crippen LogP contribution in [-0.2, 0) is 11.4 Å². The number of benzene rings is 1. The van der Waals surface area contributed by atoms with Crippen LogP contribution < -0.4 is 10.1 Å². The fraction of sp³-hybridized carbons (Fsp3) is 0.591. The summed E-state index contributed by atoms with van der Waals surface area (Å²) in [4.78, 5) is 17.4. The minimum absolute atomic E-state index is 0.0389. The van der Waals surface area contributed by atoms with Crippen LogP contribution in [-0.4, -0.2) is 31.9 Å². The minimum Gasteiger partial charge on any atom is -0.486 e. The number of aromatic amines is 1. The van der Waals surface area contributed by atoms with Crippen LogP contribution in [0.1, 0.15) is 51.3 Å². The van der Waals surface area contributed by atoms with Crippen molar-refractivity contribution in [3.8, 4) is 5.75 Å². The van der Waals surface area contributed by atoms with Crippen molar-refractivity contribution >= 4 is 29.3 Å². The number of rotatable bonds is 7. The number of carbonyl (C=O) groups excluding carboxylic acids is 1. The molecule has 8 heteroatoms. The molecule has 1 atom stereocenters. The first-order valence-electron chi connectivity index (χ1n) is 10.7. The maximum atomic E-state index is 12.9. The Morgan fingerprint density at radius 1 is 1.23 bits per heavy atom. The number of ether oxygens (including phenoxy) is 1. The molecule has 0 radical (unpaired) electrons. The molecule has 1 amide bonds. The predicted molar refractivity (Wildman–Crippen MR) is 117 cm³/mol. The number of hydrogen-bond donors (Lipinski definition) is 2. The van der Waals surface area contributed by atoms with E-state index >= 15 is 0 Å². The first kappa shape index (κ1) is 20.2. The molecule has 2 aromatic rings. The Bertz CT molecular complexity index is 881. The monoisotopic (exact) mass is 446 g/mol. The number of aromatic nitrogens is 3. The van der Waals surface area contributed by atoms with Gasteiger partial charge in [-0.15, -0.1) is 5.10 Å². The lowest BCUT2D eigenvalue weighted by atomic mass is 9.53. The number of halogens is 1. The zero-order valence-corrected chi connectivity index (χ0v) is 18.6. The third-order valence-corrected chi connectivity index (χ3v) is 7.99. The Balaban J connectivity index is 1.14.